The fourth-order valence-corrected chi connectivity index (χ4v) is 1.54. The van der Waals surface area contributed by atoms with Gasteiger partial charge in [0.25, 0.3) is 0 Å². The van der Waals surface area contributed by atoms with E-state index in [2.05, 4.69) is 0 Å². The van der Waals surface area contributed by atoms with E-state index >= 15 is 0 Å². The maximum atomic E-state index is 12.9. The first-order valence-corrected chi connectivity index (χ1v) is 4.09. The van der Waals surface area contributed by atoms with Crippen molar-refractivity contribution < 1.29 is 9.50 Å². The molecule has 0 aromatic carbocycles. The normalized spacial score (nSPS) is 35.4. The number of alkyl halides is 1. The predicted molar refractivity (Wildman–Crippen MR) is 38.6 cm³/mol. The lowest BCUT2D eigenvalue weighted by Crippen LogP contribution is -2.17. The zero-order chi connectivity index (χ0) is 7.40. The Kier molecular flexibility index (Phi) is 3.13. The molecule has 2 atom stereocenters. The van der Waals surface area contributed by atoms with Gasteiger partial charge in [0.05, 0.1) is 0 Å². The molecule has 0 saturated heterocycles. The maximum Gasteiger partial charge on any atom is 0.105 e. The molecule has 1 aliphatic carbocycles. The van der Waals surface area contributed by atoms with E-state index in [4.69, 9.17) is 5.11 Å². The summed E-state index contributed by atoms with van der Waals surface area (Å²) in [6.45, 7) is 0.0289. The number of halogens is 1. The average Bonchev–Trinajstić information content (AvgIpc) is 2.13. The second-order valence-electron chi connectivity index (χ2n) is 3.10. The quantitative estimate of drug-likeness (QED) is 0.560. The summed E-state index contributed by atoms with van der Waals surface area (Å²) in [6.07, 6.45) is 4.01. The van der Waals surface area contributed by atoms with E-state index in [1.807, 2.05) is 0 Å². The molecule has 2 unspecified atom stereocenters. The lowest BCUT2D eigenvalue weighted by atomic mass is 10.00. The molecule has 10 heavy (non-hydrogen) atoms. The van der Waals surface area contributed by atoms with E-state index in [-0.39, 0.29) is 12.5 Å². The topological polar surface area (TPSA) is 20.2 Å². The third-order valence-corrected chi connectivity index (χ3v) is 2.30. The highest BCUT2D eigenvalue weighted by atomic mass is 19.1. The molecule has 0 aliphatic heterocycles. The predicted octanol–water partition coefficient (Wildman–Crippen LogP) is 1.90. The zero-order valence-electron chi connectivity index (χ0n) is 6.22. The molecular formula is C8H15FO. The molecule has 1 fully saturated rings. The van der Waals surface area contributed by atoms with Crippen molar-refractivity contribution in [1.29, 1.82) is 0 Å². The minimum Gasteiger partial charge on any atom is -0.396 e. The van der Waals surface area contributed by atoms with Gasteiger partial charge in [-0.2, -0.15) is 0 Å². The van der Waals surface area contributed by atoms with Crippen molar-refractivity contribution in [3.63, 3.8) is 0 Å². The summed E-state index contributed by atoms with van der Waals surface area (Å²) in [5.41, 5.74) is 0. The third-order valence-electron chi connectivity index (χ3n) is 2.30. The monoisotopic (exact) mass is 146 g/mol. The van der Waals surface area contributed by atoms with Crippen LogP contribution in [-0.4, -0.2) is 17.9 Å². The molecule has 1 rings (SSSR count). The number of hydrogen-bond acceptors (Lipinski definition) is 1. The van der Waals surface area contributed by atoms with E-state index in [0.717, 1.165) is 25.7 Å². The minimum atomic E-state index is -0.743. The molecule has 0 spiro atoms. The van der Waals surface area contributed by atoms with Crippen LogP contribution in [0, 0.1) is 5.92 Å². The molecule has 0 aromatic heterocycles. The second-order valence-corrected chi connectivity index (χ2v) is 3.10. The van der Waals surface area contributed by atoms with Gasteiger partial charge in [0, 0.05) is 12.5 Å². The van der Waals surface area contributed by atoms with Gasteiger partial charge in [-0.05, 0) is 12.8 Å². The Hall–Kier alpha value is -0.110. The van der Waals surface area contributed by atoms with Crippen LogP contribution in [0.1, 0.15) is 32.1 Å². The van der Waals surface area contributed by atoms with Crippen molar-refractivity contribution in [2.45, 2.75) is 38.3 Å². The summed E-state index contributed by atoms with van der Waals surface area (Å²) in [6, 6.07) is 0. The van der Waals surface area contributed by atoms with Gasteiger partial charge in [0.1, 0.15) is 6.17 Å². The van der Waals surface area contributed by atoms with Crippen LogP contribution in [0.2, 0.25) is 0 Å². The number of aliphatic hydroxyl groups excluding tert-OH is 1. The Bertz CT molecular complexity index is 95.3. The maximum absolute atomic E-state index is 12.9. The zero-order valence-corrected chi connectivity index (χ0v) is 6.22. The van der Waals surface area contributed by atoms with Crippen molar-refractivity contribution in [3.05, 3.63) is 0 Å². The first-order valence-electron chi connectivity index (χ1n) is 4.09. The van der Waals surface area contributed by atoms with E-state index in [1.54, 1.807) is 0 Å². The van der Waals surface area contributed by atoms with E-state index in [9.17, 15) is 4.39 Å². The van der Waals surface area contributed by atoms with E-state index in [1.165, 1.54) is 0 Å². The lowest BCUT2D eigenvalue weighted by molar-refractivity contribution is 0.132. The van der Waals surface area contributed by atoms with Crippen LogP contribution >= 0.6 is 0 Å². The van der Waals surface area contributed by atoms with E-state index in [0.29, 0.717) is 6.42 Å². The Morgan fingerprint density at radius 1 is 1.20 bits per heavy atom. The van der Waals surface area contributed by atoms with Crippen LogP contribution in [0.15, 0.2) is 0 Å². The summed E-state index contributed by atoms with van der Waals surface area (Å²) < 4.78 is 12.9. The van der Waals surface area contributed by atoms with Gasteiger partial charge in [-0.15, -0.1) is 0 Å². The molecule has 1 saturated carbocycles. The Balaban J connectivity index is 2.35. The van der Waals surface area contributed by atoms with Gasteiger partial charge in [0.2, 0.25) is 0 Å². The summed E-state index contributed by atoms with van der Waals surface area (Å²) in [7, 11) is 0. The third kappa shape index (κ3) is 1.94. The number of hydrogen-bond donors (Lipinski definition) is 1. The molecule has 0 heterocycles. The molecule has 0 amide bonds. The van der Waals surface area contributed by atoms with Gasteiger partial charge in [-0.25, -0.2) is 4.39 Å². The molecule has 1 N–H and O–H groups in total. The SMILES string of the molecule is OCC1CCCCCC1F. The smallest absolute Gasteiger partial charge is 0.105 e. The Labute approximate surface area is 61.2 Å². The first-order chi connectivity index (χ1) is 4.84. The van der Waals surface area contributed by atoms with Gasteiger partial charge in [0.15, 0.2) is 0 Å². The standard InChI is InChI=1S/C8H15FO/c9-8-5-3-1-2-4-7(8)6-10/h7-8,10H,1-6H2. The average molecular weight is 146 g/mol. The van der Waals surface area contributed by atoms with Gasteiger partial charge in [-0.3, -0.25) is 0 Å². The minimum absolute atomic E-state index is 0.0289. The molecule has 2 heteroatoms. The van der Waals surface area contributed by atoms with Gasteiger partial charge < -0.3 is 5.11 Å². The van der Waals surface area contributed by atoms with Crippen molar-refractivity contribution in [2.24, 2.45) is 5.92 Å². The van der Waals surface area contributed by atoms with E-state index < -0.39 is 6.17 Å². The highest BCUT2D eigenvalue weighted by Crippen LogP contribution is 2.25. The van der Waals surface area contributed by atoms with Crippen molar-refractivity contribution >= 4 is 0 Å². The summed E-state index contributed by atoms with van der Waals surface area (Å²) in [5, 5.41) is 8.75. The summed E-state index contributed by atoms with van der Waals surface area (Å²) in [4.78, 5) is 0. The van der Waals surface area contributed by atoms with Crippen molar-refractivity contribution in [1.82, 2.24) is 0 Å². The molecule has 60 valence electrons. The van der Waals surface area contributed by atoms with Crippen LogP contribution < -0.4 is 0 Å². The van der Waals surface area contributed by atoms with Crippen LogP contribution in [0.5, 0.6) is 0 Å². The molecule has 0 aromatic rings. The lowest BCUT2D eigenvalue weighted by Gasteiger charge is -2.14. The van der Waals surface area contributed by atoms with Crippen molar-refractivity contribution in [2.75, 3.05) is 6.61 Å². The van der Waals surface area contributed by atoms with Crippen LogP contribution in [0.4, 0.5) is 4.39 Å². The fraction of sp³-hybridized carbons (Fsp3) is 1.00. The number of aliphatic hydroxyl groups is 1. The largest absolute Gasteiger partial charge is 0.396 e. The summed E-state index contributed by atoms with van der Waals surface area (Å²) >= 11 is 0. The highest BCUT2D eigenvalue weighted by Gasteiger charge is 2.21. The summed E-state index contributed by atoms with van der Waals surface area (Å²) in [5.74, 6) is -0.0671. The second kappa shape index (κ2) is 3.91. The van der Waals surface area contributed by atoms with Crippen LogP contribution in [-0.2, 0) is 0 Å². The molecular weight excluding hydrogens is 131 g/mol. The molecule has 1 nitrogen and oxygen atoms in total. The molecule has 0 radical (unpaired) electrons. The highest BCUT2D eigenvalue weighted by molar-refractivity contribution is 4.72. The first kappa shape index (κ1) is 7.99. The van der Waals surface area contributed by atoms with Gasteiger partial charge in [-0.1, -0.05) is 19.3 Å². The van der Waals surface area contributed by atoms with Crippen molar-refractivity contribution in [3.8, 4) is 0 Å². The Morgan fingerprint density at radius 2 is 1.90 bits per heavy atom. The number of rotatable bonds is 1. The van der Waals surface area contributed by atoms with Crippen LogP contribution in [0.3, 0.4) is 0 Å². The van der Waals surface area contributed by atoms with Gasteiger partial charge >= 0.3 is 0 Å². The fourth-order valence-electron chi connectivity index (χ4n) is 1.54. The molecule has 1 aliphatic rings. The Morgan fingerprint density at radius 3 is 2.60 bits per heavy atom. The molecule has 0 bridgehead atoms. The van der Waals surface area contributed by atoms with Crippen LogP contribution in [0.25, 0.3) is 0 Å².